The van der Waals surface area contributed by atoms with E-state index >= 15 is 0 Å². The topological polar surface area (TPSA) is 108 Å². The Morgan fingerprint density at radius 1 is 1.00 bits per heavy atom. The lowest BCUT2D eigenvalue weighted by Gasteiger charge is -2.25. The average molecular weight is 302 g/mol. The minimum Gasteiger partial charge on any atom is -0.460 e. The summed E-state index contributed by atoms with van der Waals surface area (Å²) in [7, 11) is 0. The van der Waals surface area contributed by atoms with Crippen LogP contribution in [0.25, 0.3) is 0 Å². The fourth-order valence-corrected chi connectivity index (χ4v) is 1.37. The van der Waals surface area contributed by atoms with Crippen LogP contribution in [0.2, 0.25) is 0 Å². The third-order valence-electron chi connectivity index (χ3n) is 2.00. The minimum absolute atomic E-state index is 0.284. The number of carbonyl (C=O) groups excluding carboxylic acids is 3. The zero-order valence-electron chi connectivity index (χ0n) is 13.6. The third kappa shape index (κ3) is 9.84. The van der Waals surface area contributed by atoms with Gasteiger partial charge in [-0.3, -0.25) is 9.59 Å². The van der Waals surface area contributed by atoms with E-state index in [1.54, 1.807) is 41.5 Å². The Kier molecular flexibility index (Phi) is 6.82. The molecule has 7 heteroatoms. The summed E-state index contributed by atoms with van der Waals surface area (Å²) in [5, 5.41) is 2.37. The molecular formula is C14H26N2O5. The third-order valence-corrected chi connectivity index (χ3v) is 2.00. The van der Waals surface area contributed by atoms with Crippen LogP contribution in [-0.2, 0) is 23.9 Å². The summed E-state index contributed by atoms with van der Waals surface area (Å²) in [6.07, 6.45) is -0.308. The Hall–Kier alpha value is -1.63. The first-order valence-corrected chi connectivity index (χ1v) is 6.78. The highest BCUT2D eigenvalue weighted by atomic mass is 16.6. The molecular weight excluding hydrogens is 276 g/mol. The van der Waals surface area contributed by atoms with Gasteiger partial charge in [-0.25, -0.2) is 4.79 Å². The maximum Gasteiger partial charge on any atom is 0.329 e. The van der Waals surface area contributed by atoms with Gasteiger partial charge in [-0.05, 0) is 41.5 Å². The molecule has 0 aliphatic carbocycles. The van der Waals surface area contributed by atoms with Crippen LogP contribution in [0.3, 0.4) is 0 Å². The van der Waals surface area contributed by atoms with Gasteiger partial charge in [0.05, 0.1) is 13.0 Å². The van der Waals surface area contributed by atoms with Crippen LogP contribution in [0, 0.1) is 0 Å². The molecule has 0 rings (SSSR count). The summed E-state index contributed by atoms with van der Waals surface area (Å²) < 4.78 is 10.3. The van der Waals surface area contributed by atoms with Crippen LogP contribution < -0.4 is 11.1 Å². The quantitative estimate of drug-likeness (QED) is 0.716. The van der Waals surface area contributed by atoms with Gasteiger partial charge in [-0.1, -0.05) is 0 Å². The van der Waals surface area contributed by atoms with E-state index in [0.717, 1.165) is 0 Å². The van der Waals surface area contributed by atoms with Crippen molar-refractivity contribution in [3.05, 3.63) is 0 Å². The van der Waals surface area contributed by atoms with Gasteiger partial charge in [0.2, 0.25) is 5.91 Å². The van der Waals surface area contributed by atoms with Crippen LogP contribution in [0.1, 0.15) is 48.0 Å². The molecule has 1 amide bonds. The Labute approximate surface area is 125 Å². The van der Waals surface area contributed by atoms with E-state index in [1.165, 1.54) is 0 Å². The zero-order chi connectivity index (χ0) is 16.8. The van der Waals surface area contributed by atoms with Crippen LogP contribution >= 0.6 is 0 Å². The number of esters is 2. The first-order chi connectivity index (χ1) is 9.34. The Bertz CT molecular complexity index is 393. The molecule has 0 aromatic heterocycles. The van der Waals surface area contributed by atoms with E-state index in [4.69, 9.17) is 15.2 Å². The van der Waals surface area contributed by atoms with E-state index < -0.39 is 35.1 Å². The first kappa shape index (κ1) is 19.4. The molecule has 0 heterocycles. The molecule has 0 saturated heterocycles. The molecule has 1 unspecified atom stereocenters. The molecule has 0 aromatic rings. The molecule has 0 bridgehead atoms. The number of nitrogens with one attached hydrogen (secondary N) is 1. The molecule has 122 valence electrons. The van der Waals surface area contributed by atoms with E-state index in [-0.39, 0.29) is 13.0 Å². The van der Waals surface area contributed by atoms with E-state index in [1.807, 2.05) is 0 Å². The molecule has 7 nitrogen and oxygen atoms in total. The highest BCUT2D eigenvalue weighted by molar-refractivity contribution is 5.88. The molecule has 0 spiro atoms. The predicted molar refractivity (Wildman–Crippen MR) is 77.3 cm³/mol. The monoisotopic (exact) mass is 302 g/mol. The number of amides is 1. The van der Waals surface area contributed by atoms with Crippen molar-refractivity contribution in [2.24, 2.45) is 5.73 Å². The van der Waals surface area contributed by atoms with Crippen molar-refractivity contribution < 1.29 is 23.9 Å². The molecule has 0 aliphatic rings. The Balaban J connectivity index is 4.86. The van der Waals surface area contributed by atoms with E-state index in [9.17, 15) is 14.4 Å². The molecule has 1 atom stereocenters. The number of nitrogens with two attached hydrogens (primary N) is 1. The second kappa shape index (κ2) is 7.40. The smallest absolute Gasteiger partial charge is 0.329 e. The lowest BCUT2D eigenvalue weighted by molar-refractivity contribution is -0.165. The highest BCUT2D eigenvalue weighted by Gasteiger charge is 2.30. The van der Waals surface area contributed by atoms with Crippen LogP contribution in [0.15, 0.2) is 0 Å². The van der Waals surface area contributed by atoms with Crippen LogP contribution in [-0.4, -0.2) is 41.6 Å². The molecule has 0 aromatic carbocycles. The second-order valence-corrected chi connectivity index (χ2v) is 6.65. The lowest BCUT2D eigenvalue weighted by Crippen LogP contribution is -2.47. The maximum atomic E-state index is 12.0. The van der Waals surface area contributed by atoms with Crippen LogP contribution in [0.4, 0.5) is 0 Å². The SMILES string of the molecule is CC(C)(C)OC(=O)CC(NC(=O)CN)C(=O)OC(C)(C)C. The fourth-order valence-electron chi connectivity index (χ4n) is 1.37. The number of rotatable bonds is 5. The van der Waals surface area contributed by atoms with Crippen molar-refractivity contribution in [1.29, 1.82) is 0 Å². The molecule has 0 aliphatic heterocycles. The summed E-state index contributed by atoms with van der Waals surface area (Å²) in [4.78, 5) is 35.2. The Morgan fingerprint density at radius 3 is 1.86 bits per heavy atom. The second-order valence-electron chi connectivity index (χ2n) is 6.65. The molecule has 0 fully saturated rings. The van der Waals surface area contributed by atoms with Crippen molar-refractivity contribution in [3.63, 3.8) is 0 Å². The van der Waals surface area contributed by atoms with Crippen molar-refractivity contribution in [3.8, 4) is 0 Å². The van der Waals surface area contributed by atoms with Crippen molar-refractivity contribution in [1.82, 2.24) is 5.32 Å². The largest absolute Gasteiger partial charge is 0.460 e. The van der Waals surface area contributed by atoms with Gasteiger partial charge >= 0.3 is 11.9 Å². The van der Waals surface area contributed by atoms with Gasteiger partial charge in [0.25, 0.3) is 0 Å². The number of carbonyl (C=O) groups is 3. The van der Waals surface area contributed by atoms with Gasteiger partial charge in [0, 0.05) is 0 Å². The van der Waals surface area contributed by atoms with E-state index in [0.29, 0.717) is 0 Å². The van der Waals surface area contributed by atoms with Crippen molar-refractivity contribution in [2.45, 2.75) is 65.2 Å². The highest BCUT2D eigenvalue weighted by Crippen LogP contribution is 2.13. The fraction of sp³-hybridized carbons (Fsp3) is 0.786. The van der Waals surface area contributed by atoms with Gasteiger partial charge < -0.3 is 20.5 Å². The normalized spacial score (nSPS) is 13.3. The number of ether oxygens (including phenoxy) is 2. The summed E-state index contributed by atoms with van der Waals surface area (Å²) in [5.41, 5.74) is 3.80. The van der Waals surface area contributed by atoms with Crippen molar-refractivity contribution >= 4 is 17.8 Å². The Morgan fingerprint density at radius 2 is 1.48 bits per heavy atom. The van der Waals surface area contributed by atoms with E-state index in [2.05, 4.69) is 5.32 Å². The molecule has 0 saturated carbocycles. The van der Waals surface area contributed by atoms with Crippen LogP contribution in [0.5, 0.6) is 0 Å². The lowest BCUT2D eigenvalue weighted by atomic mass is 10.1. The number of hydrogen-bond acceptors (Lipinski definition) is 6. The standard InChI is InChI=1S/C14H26N2O5/c1-13(2,3)20-11(18)7-9(16-10(17)8-15)12(19)21-14(4,5)6/h9H,7-8,15H2,1-6H3,(H,16,17). The average Bonchev–Trinajstić information content (AvgIpc) is 2.22. The van der Waals surface area contributed by atoms with Gasteiger partial charge in [-0.15, -0.1) is 0 Å². The summed E-state index contributed by atoms with van der Waals surface area (Å²) in [6, 6.07) is -1.12. The molecule has 21 heavy (non-hydrogen) atoms. The zero-order valence-corrected chi connectivity index (χ0v) is 13.6. The van der Waals surface area contributed by atoms with Gasteiger partial charge in [0.15, 0.2) is 0 Å². The summed E-state index contributed by atoms with van der Waals surface area (Å²) in [6.45, 7) is 9.94. The van der Waals surface area contributed by atoms with Crippen molar-refractivity contribution in [2.75, 3.05) is 6.54 Å². The first-order valence-electron chi connectivity index (χ1n) is 6.78. The molecule has 0 radical (unpaired) electrons. The number of hydrogen-bond donors (Lipinski definition) is 2. The van der Waals surface area contributed by atoms with Gasteiger partial charge in [-0.2, -0.15) is 0 Å². The van der Waals surface area contributed by atoms with Gasteiger partial charge in [0.1, 0.15) is 17.2 Å². The minimum atomic E-state index is -1.12. The predicted octanol–water partition coefficient (Wildman–Crippen LogP) is 0.503. The molecule has 3 N–H and O–H groups in total. The summed E-state index contributed by atoms with van der Waals surface area (Å²) >= 11 is 0. The maximum absolute atomic E-state index is 12.0. The summed E-state index contributed by atoms with van der Waals surface area (Å²) in [5.74, 6) is -1.85.